The number of hydrogen-bond donors (Lipinski definition) is 3. The highest BCUT2D eigenvalue weighted by molar-refractivity contribution is 6.41. The van der Waals surface area contributed by atoms with Crippen molar-refractivity contribution < 1.29 is 10.0 Å². The van der Waals surface area contributed by atoms with Gasteiger partial charge in [0.2, 0.25) is 0 Å². The zero-order valence-electron chi connectivity index (χ0n) is 3.16. The van der Waals surface area contributed by atoms with E-state index in [1.54, 1.807) is 0 Å². The standard InChI is InChI=1S/CH6BNO2.ClH/c3-1-2(4)5;/h4-5H,1,3H2;1H. The molecule has 0 saturated carbocycles. The lowest BCUT2D eigenvalue weighted by molar-refractivity contribution is 0.408. The minimum atomic E-state index is -1.34. The molecule has 0 bridgehead atoms. The molecule has 0 aliphatic rings. The third kappa shape index (κ3) is 8.87. The fourth-order valence-electron chi connectivity index (χ4n) is 0. The Bertz CT molecular complexity index is 27.5. The van der Waals surface area contributed by atoms with Crippen molar-refractivity contribution >= 4 is 19.5 Å². The summed E-state index contributed by atoms with van der Waals surface area (Å²) in [5.41, 5.74) is 4.67. The number of rotatable bonds is 1. The van der Waals surface area contributed by atoms with Gasteiger partial charge in [0, 0.05) is 6.44 Å². The van der Waals surface area contributed by atoms with Crippen LogP contribution in [0.25, 0.3) is 0 Å². The van der Waals surface area contributed by atoms with Gasteiger partial charge in [-0.05, 0) is 0 Å². The fraction of sp³-hybridized carbons (Fsp3) is 1.00. The molecular formula is CH7BClNO2. The molecule has 0 unspecified atom stereocenters. The number of nitrogens with two attached hydrogens (primary N) is 1. The highest BCUT2D eigenvalue weighted by Gasteiger charge is 1.97. The van der Waals surface area contributed by atoms with E-state index in [1.165, 1.54) is 0 Å². The molecule has 0 atom stereocenters. The second-order valence-electron chi connectivity index (χ2n) is 0.716. The van der Waals surface area contributed by atoms with Crippen LogP contribution < -0.4 is 5.73 Å². The molecule has 0 aromatic heterocycles. The Kier molecular flexibility index (Phi) is 8.31. The summed E-state index contributed by atoms with van der Waals surface area (Å²) in [6.45, 7) is 0. The Balaban J connectivity index is 0. The predicted molar refractivity (Wildman–Crippen MR) is 26.5 cm³/mol. The Hall–Kier alpha value is 0.235. The first-order valence-electron chi connectivity index (χ1n) is 1.33. The molecule has 0 heterocycles. The molecule has 0 saturated heterocycles. The highest BCUT2D eigenvalue weighted by atomic mass is 35.5. The Labute approximate surface area is 42.7 Å². The van der Waals surface area contributed by atoms with Crippen molar-refractivity contribution in [2.75, 3.05) is 6.44 Å². The molecule has 0 spiro atoms. The average Bonchev–Trinajstić information content (AvgIpc) is 1.38. The second kappa shape index (κ2) is 5.23. The summed E-state index contributed by atoms with van der Waals surface area (Å²) < 4.78 is 0. The van der Waals surface area contributed by atoms with Crippen LogP contribution in [0.4, 0.5) is 0 Å². The molecule has 5 heteroatoms. The average molecular weight is 111 g/mol. The van der Waals surface area contributed by atoms with E-state index in [0.717, 1.165) is 0 Å². The minimum absolute atomic E-state index is 0. The fourth-order valence-corrected chi connectivity index (χ4v) is 0. The SMILES string of the molecule is Cl.NCB(O)O. The van der Waals surface area contributed by atoms with Crippen LogP contribution in [0.15, 0.2) is 0 Å². The highest BCUT2D eigenvalue weighted by Crippen LogP contribution is 1.50. The second-order valence-corrected chi connectivity index (χ2v) is 0.716. The van der Waals surface area contributed by atoms with E-state index in [1.807, 2.05) is 0 Å². The molecule has 0 amide bonds. The lowest BCUT2D eigenvalue weighted by atomic mass is 9.94. The summed E-state index contributed by atoms with van der Waals surface area (Å²) in [6, 6.07) is 0. The van der Waals surface area contributed by atoms with Gasteiger partial charge in [-0.1, -0.05) is 0 Å². The predicted octanol–water partition coefficient (Wildman–Crippen LogP) is -1.62. The summed E-state index contributed by atoms with van der Waals surface area (Å²) in [5, 5.41) is 15.6. The molecule has 0 rings (SSSR count). The van der Waals surface area contributed by atoms with E-state index in [9.17, 15) is 0 Å². The first-order chi connectivity index (χ1) is 2.27. The third-order valence-corrected chi connectivity index (χ3v) is 0.211. The molecule has 0 aromatic rings. The van der Waals surface area contributed by atoms with Crippen molar-refractivity contribution in [2.24, 2.45) is 5.73 Å². The van der Waals surface area contributed by atoms with Gasteiger partial charge in [-0.15, -0.1) is 12.4 Å². The Morgan fingerprint density at radius 3 is 1.67 bits per heavy atom. The minimum Gasteiger partial charge on any atom is -0.426 e. The van der Waals surface area contributed by atoms with Gasteiger partial charge in [-0.25, -0.2) is 0 Å². The number of hydrogen-bond acceptors (Lipinski definition) is 3. The Morgan fingerprint density at radius 2 is 1.67 bits per heavy atom. The van der Waals surface area contributed by atoms with E-state index in [-0.39, 0.29) is 18.9 Å². The van der Waals surface area contributed by atoms with Gasteiger partial charge in [0.05, 0.1) is 0 Å². The largest absolute Gasteiger partial charge is 0.465 e. The third-order valence-electron chi connectivity index (χ3n) is 0.211. The molecule has 6 heavy (non-hydrogen) atoms. The molecule has 0 aliphatic carbocycles. The van der Waals surface area contributed by atoms with Crippen molar-refractivity contribution in [1.82, 2.24) is 0 Å². The lowest BCUT2D eigenvalue weighted by Gasteiger charge is -1.82. The van der Waals surface area contributed by atoms with Crippen LogP contribution in [0.2, 0.25) is 0 Å². The van der Waals surface area contributed by atoms with Crippen LogP contribution in [0.3, 0.4) is 0 Å². The van der Waals surface area contributed by atoms with Crippen molar-refractivity contribution in [3.05, 3.63) is 0 Å². The van der Waals surface area contributed by atoms with Crippen molar-refractivity contribution in [1.29, 1.82) is 0 Å². The van der Waals surface area contributed by atoms with Gasteiger partial charge >= 0.3 is 7.12 Å². The Morgan fingerprint density at radius 1 is 1.50 bits per heavy atom. The van der Waals surface area contributed by atoms with Crippen LogP contribution in [0, 0.1) is 0 Å². The van der Waals surface area contributed by atoms with Crippen molar-refractivity contribution in [3.8, 4) is 0 Å². The normalized spacial score (nSPS) is 6.50. The molecule has 0 aromatic carbocycles. The molecular weight excluding hydrogens is 104 g/mol. The summed E-state index contributed by atoms with van der Waals surface area (Å²) in [5.74, 6) is 0. The molecule has 0 fully saturated rings. The van der Waals surface area contributed by atoms with E-state index < -0.39 is 7.12 Å². The van der Waals surface area contributed by atoms with Crippen molar-refractivity contribution in [2.45, 2.75) is 0 Å². The summed E-state index contributed by atoms with van der Waals surface area (Å²) in [6.07, 6.45) is -0.0833. The van der Waals surface area contributed by atoms with E-state index in [0.29, 0.717) is 0 Å². The molecule has 3 nitrogen and oxygen atoms in total. The summed E-state index contributed by atoms with van der Waals surface area (Å²) in [4.78, 5) is 0. The topological polar surface area (TPSA) is 66.5 Å². The number of halogens is 1. The molecule has 0 radical (unpaired) electrons. The van der Waals surface area contributed by atoms with E-state index in [2.05, 4.69) is 5.73 Å². The first kappa shape index (κ1) is 9.53. The quantitative estimate of drug-likeness (QED) is 0.356. The lowest BCUT2D eigenvalue weighted by Crippen LogP contribution is -2.23. The van der Waals surface area contributed by atoms with Crippen LogP contribution in [-0.4, -0.2) is 23.6 Å². The van der Waals surface area contributed by atoms with Crippen LogP contribution in [0.5, 0.6) is 0 Å². The zero-order valence-corrected chi connectivity index (χ0v) is 3.98. The maximum atomic E-state index is 7.79. The maximum absolute atomic E-state index is 7.79. The van der Waals surface area contributed by atoms with Crippen molar-refractivity contribution in [3.63, 3.8) is 0 Å². The zero-order chi connectivity index (χ0) is 4.28. The van der Waals surface area contributed by atoms with Gasteiger partial charge in [0.15, 0.2) is 0 Å². The van der Waals surface area contributed by atoms with Gasteiger partial charge in [0.25, 0.3) is 0 Å². The summed E-state index contributed by atoms with van der Waals surface area (Å²) >= 11 is 0. The van der Waals surface area contributed by atoms with Crippen LogP contribution in [0.1, 0.15) is 0 Å². The van der Waals surface area contributed by atoms with E-state index >= 15 is 0 Å². The van der Waals surface area contributed by atoms with Gasteiger partial charge in [0.1, 0.15) is 0 Å². The van der Waals surface area contributed by atoms with Gasteiger partial charge in [-0.3, -0.25) is 0 Å². The van der Waals surface area contributed by atoms with Gasteiger partial charge < -0.3 is 15.8 Å². The molecule has 38 valence electrons. The summed E-state index contributed by atoms with van der Waals surface area (Å²) in [7, 11) is -1.34. The van der Waals surface area contributed by atoms with Gasteiger partial charge in [-0.2, -0.15) is 0 Å². The molecule has 4 N–H and O–H groups in total. The first-order valence-corrected chi connectivity index (χ1v) is 1.33. The smallest absolute Gasteiger partial charge is 0.426 e. The maximum Gasteiger partial charge on any atom is 0.465 e. The monoisotopic (exact) mass is 111 g/mol. The van der Waals surface area contributed by atoms with E-state index in [4.69, 9.17) is 10.0 Å². The molecule has 0 aliphatic heterocycles. The van der Waals surface area contributed by atoms with Crippen LogP contribution in [-0.2, 0) is 0 Å². The van der Waals surface area contributed by atoms with Crippen LogP contribution >= 0.6 is 12.4 Å².